The highest BCUT2D eigenvalue weighted by Crippen LogP contribution is 2.20. The van der Waals surface area contributed by atoms with Gasteiger partial charge in [-0.15, -0.1) is 11.8 Å². The normalized spacial score (nSPS) is 10.3. The third-order valence-corrected chi connectivity index (χ3v) is 4.70. The molecule has 2 rings (SSSR count). The highest BCUT2D eigenvalue weighted by Gasteiger charge is 2.09. The van der Waals surface area contributed by atoms with Gasteiger partial charge in [-0.05, 0) is 49.7 Å². The molecule has 0 saturated heterocycles. The summed E-state index contributed by atoms with van der Waals surface area (Å²) in [6, 6.07) is 13.4. The van der Waals surface area contributed by atoms with Crippen molar-refractivity contribution in [3.63, 3.8) is 0 Å². The molecule has 0 aliphatic heterocycles. The van der Waals surface area contributed by atoms with E-state index >= 15 is 0 Å². The molecule has 0 unspecified atom stereocenters. The number of hydrogen-bond acceptors (Lipinski definition) is 4. The van der Waals surface area contributed by atoms with E-state index in [1.54, 1.807) is 0 Å². The van der Waals surface area contributed by atoms with Crippen molar-refractivity contribution in [1.29, 1.82) is 0 Å². The molecule has 1 N–H and O–H groups in total. The second kappa shape index (κ2) is 8.89. The van der Waals surface area contributed by atoms with Gasteiger partial charge in [0.1, 0.15) is 0 Å². The average Bonchev–Trinajstić information content (AvgIpc) is 2.55. The molecule has 0 heterocycles. The van der Waals surface area contributed by atoms with Crippen molar-refractivity contribution >= 4 is 45.3 Å². The summed E-state index contributed by atoms with van der Waals surface area (Å²) in [5, 5.41) is 2.74. The van der Waals surface area contributed by atoms with Crippen LogP contribution in [0.5, 0.6) is 0 Å². The zero-order chi connectivity index (χ0) is 17.5. The number of anilines is 1. The Kier molecular flexibility index (Phi) is 6.87. The molecule has 24 heavy (non-hydrogen) atoms. The van der Waals surface area contributed by atoms with Gasteiger partial charge in [-0.1, -0.05) is 33.6 Å². The van der Waals surface area contributed by atoms with Crippen LogP contribution in [-0.2, 0) is 14.3 Å². The summed E-state index contributed by atoms with van der Waals surface area (Å²) in [4.78, 5) is 24.6. The first-order chi connectivity index (χ1) is 11.4. The summed E-state index contributed by atoms with van der Waals surface area (Å²) in [7, 11) is 0. The summed E-state index contributed by atoms with van der Waals surface area (Å²) in [5.74, 6) is -0.596. The molecule has 4 nitrogen and oxygen atoms in total. The molecule has 0 bridgehead atoms. The minimum Gasteiger partial charge on any atom is -0.455 e. The number of carbonyl (C=O) groups is 2. The van der Waals surface area contributed by atoms with Gasteiger partial charge in [0, 0.05) is 15.1 Å². The Hall–Kier alpha value is -1.79. The van der Waals surface area contributed by atoms with Crippen molar-refractivity contribution in [3.05, 3.63) is 58.1 Å². The van der Waals surface area contributed by atoms with Crippen molar-refractivity contribution in [2.24, 2.45) is 0 Å². The van der Waals surface area contributed by atoms with Crippen molar-refractivity contribution in [1.82, 2.24) is 0 Å². The lowest BCUT2D eigenvalue weighted by molar-refractivity contribution is -0.144. The molecule has 6 heteroatoms. The maximum absolute atomic E-state index is 11.9. The van der Waals surface area contributed by atoms with E-state index in [0.717, 1.165) is 26.2 Å². The molecular formula is C18H18BrNO3S. The fraction of sp³-hybridized carbons (Fsp3) is 0.222. The molecule has 0 aliphatic rings. The second-order valence-electron chi connectivity index (χ2n) is 5.27. The summed E-state index contributed by atoms with van der Waals surface area (Å²) < 4.78 is 5.99. The van der Waals surface area contributed by atoms with E-state index < -0.39 is 5.97 Å². The van der Waals surface area contributed by atoms with Gasteiger partial charge >= 0.3 is 5.97 Å². The molecule has 0 aromatic heterocycles. The maximum atomic E-state index is 11.9. The lowest BCUT2D eigenvalue weighted by atomic mass is 10.1. The molecule has 126 valence electrons. The molecule has 0 aliphatic carbocycles. The third-order valence-electron chi connectivity index (χ3n) is 3.19. The number of halogens is 1. The van der Waals surface area contributed by atoms with Gasteiger partial charge in [-0.2, -0.15) is 0 Å². The molecule has 2 aromatic rings. The van der Waals surface area contributed by atoms with Crippen LogP contribution in [0.2, 0.25) is 0 Å². The lowest BCUT2D eigenvalue weighted by Crippen LogP contribution is -2.22. The van der Waals surface area contributed by atoms with Crippen LogP contribution in [-0.4, -0.2) is 24.2 Å². The van der Waals surface area contributed by atoms with Gasteiger partial charge in [-0.25, -0.2) is 0 Å². The summed E-state index contributed by atoms with van der Waals surface area (Å²) >= 11 is 4.73. The van der Waals surface area contributed by atoms with Gasteiger partial charge in [-0.3, -0.25) is 9.59 Å². The van der Waals surface area contributed by atoms with Gasteiger partial charge < -0.3 is 10.1 Å². The molecule has 0 atom stereocenters. The number of rotatable bonds is 6. The third kappa shape index (κ3) is 6.02. The first-order valence-corrected chi connectivity index (χ1v) is 9.13. The van der Waals surface area contributed by atoms with E-state index in [9.17, 15) is 9.59 Å². The molecule has 2 aromatic carbocycles. The molecule has 0 spiro atoms. The number of nitrogens with one attached hydrogen (secondary N) is 1. The quantitative estimate of drug-likeness (QED) is 0.571. The van der Waals surface area contributed by atoms with Crippen molar-refractivity contribution in [3.8, 4) is 0 Å². The van der Waals surface area contributed by atoms with E-state index in [2.05, 4.69) is 21.2 Å². The van der Waals surface area contributed by atoms with Crippen LogP contribution in [0.25, 0.3) is 0 Å². The van der Waals surface area contributed by atoms with E-state index in [-0.39, 0.29) is 18.3 Å². The van der Waals surface area contributed by atoms with E-state index in [1.807, 2.05) is 56.3 Å². The minimum atomic E-state index is -0.418. The van der Waals surface area contributed by atoms with Crippen LogP contribution >= 0.6 is 27.7 Å². The number of esters is 1. The summed E-state index contributed by atoms with van der Waals surface area (Å²) in [5.41, 5.74) is 2.83. The monoisotopic (exact) mass is 407 g/mol. The zero-order valence-electron chi connectivity index (χ0n) is 13.5. The standard InChI is InChI=1S/C18H18BrNO3S/c1-12-3-8-16(13(2)9-12)20-17(21)10-23-18(22)11-24-15-6-4-14(19)5-7-15/h3-9H,10-11H2,1-2H3,(H,20,21). The van der Waals surface area contributed by atoms with Crippen molar-refractivity contribution in [2.75, 3.05) is 17.7 Å². The fourth-order valence-corrected chi connectivity index (χ4v) is 2.96. The van der Waals surface area contributed by atoms with Crippen LogP contribution in [0.15, 0.2) is 51.8 Å². The zero-order valence-corrected chi connectivity index (χ0v) is 15.9. The van der Waals surface area contributed by atoms with Gasteiger partial charge in [0.15, 0.2) is 6.61 Å². The molecule has 0 radical (unpaired) electrons. The van der Waals surface area contributed by atoms with Crippen LogP contribution in [0.1, 0.15) is 11.1 Å². The van der Waals surface area contributed by atoms with E-state index in [0.29, 0.717) is 0 Å². The number of amides is 1. The summed E-state index contributed by atoms with van der Waals surface area (Å²) in [6.07, 6.45) is 0. The average molecular weight is 408 g/mol. The topological polar surface area (TPSA) is 55.4 Å². The number of thioether (sulfide) groups is 1. The van der Waals surface area contributed by atoms with Crippen molar-refractivity contribution in [2.45, 2.75) is 18.7 Å². The smallest absolute Gasteiger partial charge is 0.316 e. The van der Waals surface area contributed by atoms with Gasteiger partial charge in [0.2, 0.25) is 0 Å². The first-order valence-electron chi connectivity index (χ1n) is 7.35. The molecule has 0 fully saturated rings. The Morgan fingerprint density at radius 1 is 1.12 bits per heavy atom. The number of aryl methyl sites for hydroxylation is 2. The molecule has 0 saturated carbocycles. The lowest BCUT2D eigenvalue weighted by Gasteiger charge is -2.09. The largest absolute Gasteiger partial charge is 0.455 e. The Bertz CT molecular complexity index is 732. The number of ether oxygens (including phenoxy) is 1. The second-order valence-corrected chi connectivity index (χ2v) is 7.23. The maximum Gasteiger partial charge on any atom is 0.316 e. The Morgan fingerprint density at radius 2 is 1.83 bits per heavy atom. The molecular weight excluding hydrogens is 390 g/mol. The highest BCUT2D eigenvalue weighted by molar-refractivity contribution is 9.10. The summed E-state index contributed by atoms with van der Waals surface area (Å²) in [6.45, 7) is 3.63. The fourth-order valence-electron chi connectivity index (χ4n) is 2.00. The van der Waals surface area contributed by atoms with E-state index in [4.69, 9.17) is 4.74 Å². The number of hydrogen-bond donors (Lipinski definition) is 1. The van der Waals surface area contributed by atoms with Crippen LogP contribution in [0, 0.1) is 13.8 Å². The van der Waals surface area contributed by atoms with Crippen LogP contribution < -0.4 is 5.32 Å². The van der Waals surface area contributed by atoms with Crippen LogP contribution in [0.4, 0.5) is 5.69 Å². The number of carbonyl (C=O) groups excluding carboxylic acids is 2. The Morgan fingerprint density at radius 3 is 2.50 bits per heavy atom. The number of benzene rings is 2. The Balaban J connectivity index is 1.74. The predicted octanol–water partition coefficient (Wildman–Crippen LogP) is 4.34. The first kappa shape index (κ1) is 18.5. The van der Waals surface area contributed by atoms with Crippen LogP contribution in [0.3, 0.4) is 0 Å². The predicted molar refractivity (Wildman–Crippen MR) is 100 cm³/mol. The van der Waals surface area contributed by atoms with Gasteiger partial charge in [0.05, 0.1) is 5.75 Å². The minimum absolute atomic E-state index is 0.165. The Labute approximate surface area is 154 Å². The van der Waals surface area contributed by atoms with E-state index in [1.165, 1.54) is 11.8 Å². The highest BCUT2D eigenvalue weighted by atomic mass is 79.9. The molecule has 1 amide bonds. The van der Waals surface area contributed by atoms with Gasteiger partial charge in [0.25, 0.3) is 5.91 Å². The SMILES string of the molecule is Cc1ccc(NC(=O)COC(=O)CSc2ccc(Br)cc2)c(C)c1. The van der Waals surface area contributed by atoms with Crippen molar-refractivity contribution < 1.29 is 14.3 Å².